The number of carboxylic acids is 1. The number of aliphatic hydroxyl groups is 1. The molecule has 0 bridgehead atoms. The fraction of sp³-hybridized carbons (Fsp3) is 0.238. The highest BCUT2D eigenvalue weighted by molar-refractivity contribution is 5.92. The summed E-state index contributed by atoms with van der Waals surface area (Å²) in [6.07, 6.45) is 1.65. The lowest BCUT2D eigenvalue weighted by Crippen LogP contribution is -2.40. The molecule has 0 saturated heterocycles. The second kappa shape index (κ2) is 9.75. The Morgan fingerprint density at radius 2 is 1.90 bits per heavy atom. The van der Waals surface area contributed by atoms with Crippen LogP contribution in [0.2, 0.25) is 0 Å². The van der Waals surface area contributed by atoms with E-state index >= 15 is 0 Å². The van der Waals surface area contributed by atoms with Crippen LogP contribution in [0.5, 0.6) is 0 Å². The van der Waals surface area contributed by atoms with Gasteiger partial charge in [0.2, 0.25) is 0 Å². The van der Waals surface area contributed by atoms with Crippen molar-refractivity contribution in [2.24, 2.45) is 5.92 Å². The van der Waals surface area contributed by atoms with Gasteiger partial charge in [0, 0.05) is 6.04 Å². The van der Waals surface area contributed by atoms with E-state index in [-0.39, 0.29) is 17.9 Å². The number of carboxylic acid groups (broad SMARTS) is 1. The highest BCUT2D eigenvalue weighted by Crippen LogP contribution is 2.22. The zero-order valence-electron chi connectivity index (χ0n) is 16.0. The SMILES string of the molecule is O=C(NC(Cc1ccc(-c2cccc(F)c2)cc1)CC(CO)C(=O)O)c1cn[nH]n1. The average molecular weight is 412 g/mol. The summed E-state index contributed by atoms with van der Waals surface area (Å²) in [4.78, 5) is 23.7. The Bertz CT molecular complexity index is 993. The third-order valence-electron chi connectivity index (χ3n) is 4.72. The van der Waals surface area contributed by atoms with E-state index in [0.29, 0.717) is 6.42 Å². The number of H-pyrrole nitrogens is 1. The van der Waals surface area contributed by atoms with E-state index in [1.165, 1.54) is 18.3 Å². The Morgan fingerprint density at radius 3 is 2.50 bits per heavy atom. The lowest BCUT2D eigenvalue weighted by atomic mass is 9.94. The quantitative estimate of drug-likeness (QED) is 0.426. The molecule has 8 nitrogen and oxygen atoms in total. The third kappa shape index (κ3) is 5.48. The number of benzene rings is 2. The summed E-state index contributed by atoms with van der Waals surface area (Å²) in [5.74, 6) is -2.97. The molecular weight excluding hydrogens is 391 g/mol. The molecule has 2 aromatic carbocycles. The Kier molecular flexibility index (Phi) is 6.87. The number of aromatic nitrogens is 3. The van der Waals surface area contributed by atoms with Crippen molar-refractivity contribution in [3.05, 3.63) is 71.8 Å². The molecule has 2 atom stereocenters. The summed E-state index contributed by atoms with van der Waals surface area (Å²) in [5, 5.41) is 31.0. The van der Waals surface area contributed by atoms with E-state index in [2.05, 4.69) is 20.7 Å². The maximum atomic E-state index is 13.4. The topological polar surface area (TPSA) is 128 Å². The van der Waals surface area contributed by atoms with E-state index in [0.717, 1.165) is 16.7 Å². The molecule has 0 aliphatic heterocycles. The number of carbonyl (C=O) groups is 2. The van der Waals surface area contributed by atoms with Gasteiger partial charge in [-0.25, -0.2) is 4.39 Å². The van der Waals surface area contributed by atoms with Gasteiger partial charge in [-0.3, -0.25) is 9.59 Å². The Morgan fingerprint density at radius 1 is 1.13 bits per heavy atom. The molecule has 1 heterocycles. The number of hydrogen-bond donors (Lipinski definition) is 4. The molecule has 0 radical (unpaired) electrons. The minimum absolute atomic E-state index is 0.0427. The molecule has 3 aromatic rings. The van der Waals surface area contributed by atoms with Gasteiger partial charge in [-0.1, -0.05) is 36.4 Å². The summed E-state index contributed by atoms with van der Waals surface area (Å²) >= 11 is 0. The number of aromatic amines is 1. The Labute approximate surface area is 171 Å². The molecule has 4 N–H and O–H groups in total. The minimum atomic E-state index is -1.14. The van der Waals surface area contributed by atoms with Gasteiger partial charge < -0.3 is 15.5 Å². The van der Waals surface area contributed by atoms with E-state index in [9.17, 15) is 24.2 Å². The normalized spacial score (nSPS) is 12.9. The van der Waals surface area contributed by atoms with E-state index in [4.69, 9.17) is 0 Å². The number of nitrogens with one attached hydrogen (secondary N) is 2. The summed E-state index contributed by atoms with van der Waals surface area (Å²) in [6.45, 7) is -0.538. The highest BCUT2D eigenvalue weighted by atomic mass is 19.1. The second-order valence-electron chi connectivity index (χ2n) is 6.89. The first-order valence-corrected chi connectivity index (χ1v) is 9.31. The molecule has 0 fully saturated rings. The lowest BCUT2D eigenvalue weighted by molar-refractivity contribution is -0.143. The van der Waals surface area contributed by atoms with Crippen LogP contribution in [0.3, 0.4) is 0 Å². The molecule has 1 aromatic heterocycles. The molecule has 2 unspecified atom stereocenters. The maximum absolute atomic E-state index is 13.4. The van der Waals surface area contributed by atoms with Crippen LogP contribution in [-0.4, -0.2) is 50.1 Å². The molecule has 30 heavy (non-hydrogen) atoms. The lowest BCUT2D eigenvalue weighted by Gasteiger charge is -2.21. The van der Waals surface area contributed by atoms with Crippen molar-refractivity contribution < 1.29 is 24.2 Å². The van der Waals surface area contributed by atoms with Gasteiger partial charge in [0.25, 0.3) is 5.91 Å². The first-order chi connectivity index (χ1) is 14.5. The van der Waals surface area contributed by atoms with Crippen LogP contribution in [0.15, 0.2) is 54.7 Å². The van der Waals surface area contributed by atoms with Crippen LogP contribution in [0, 0.1) is 11.7 Å². The molecule has 0 saturated carbocycles. The van der Waals surface area contributed by atoms with Crippen molar-refractivity contribution in [1.29, 1.82) is 0 Å². The zero-order valence-corrected chi connectivity index (χ0v) is 16.0. The molecular formula is C21H21FN4O4. The average Bonchev–Trinajstić information content (AvgIpc) is 3.27. The van der Waals surface area contributed by atoms with Crippen LogP contribution in [-0.2, 0) is 11.2 Å². The van der Waals surface area contributed by atoms with Gasteiger partial charge >= 0.3 is 5.97 Å². The molecule has 0 spiro atoms. The molecule has 9 heteroatoms. The van der Waals surface area contributed by atoms with Gasteiger partial charge in [0.15, 0.2) is 5.69 Å². The first-order valence-electron chi connectivity index (χ1n) is 9.31. The van der Waals surface area contributed by atoms with Gasteiger partial charge in [-0.05, 0) is 41.7 Å². The van der Waals surface area contributed by atoms with E-state index in [1.807, 2.05) is 24.3 Å². The minimum Gasteiger partial charge on any atom is -0.481 e. The van der Waals surface area contributed by atoms with E-state index < -0.39 is 30.4 Å². The van der Waals surface area contributed by atoms with Gasteiger partial charge in [-0.15, -0.1) is 0 Å². The van der Waals surface area contributed by atoms with Gasteiger partial charge in [-0.2, -0.15) is 15.4 Å². The molecule has 0 aliphatic carbocycles. The molecule has 1 amide bonds. The Hall–Kier alpha value is -3.59. The highest BCUT2D eigenvalue weighted by Gasteiger charge is 2.24. The van der Waals surface area contributed by atoms with Crippen LogP contribution in [0.1, 0.15) is 22.5 Å². The second-order valence-corrected chi connectivity index (χ2v) is 6.89. The van der Waals surface area contributed by atoms with Gasteiger partial charge in [0.05, 0.1) is 18.7 Å². The number of aliphatic carboxylic acids is 1. The monoisotopic (exact) mass is 412 g/mol. The number of carbonyl (C=O) groups excluding carboxylic acids is 1. The Balaban J connectivity index is 1.75. The van der Waals surface area contributed by atoms with Crippen molar-refractivity contribution in [3.63, 3.8) is 0 Å². The number of aliphatic hydroxyl groups excluding tert-OH is 1. The number of halogens is 1. The van der Waals surface area contributed by atoms with Gasteiger partial charge in [0.1, 0.15) is 5.82 Å². The predicted molar refractivity (Wildman–Crippen MR) is 106 cm³/mol. The number of hydrogen-bond acceptors (Lipinski definition) is 5. The van der Waals surface area contributed by atoms with Crippen molar-refractivity contribution in [2.45, 2.75) is 18.9 Å². The number of amides is 1. The molecule has 0 aliphatic rings. The van der Waals surface area contributed by atoms with Crippen molar-refractivity contribution in [2.75, 3.05) is 6.61 Å². The zero-order chi connectivity index (χ0) is 21.5. The summed E-state index contributed by atoms with van der Waals surface area (Å²) < 4.78 is 13.4. The largest absolute Gasteiger partial charge is 0.481 e. The summed E-state index contributed by atoms with van der Waals surface area (Å²) in [7, 11) is 0. The van der Waals surface area contributed by atoms with Crippen LogP contribution in [0.25, 0.3) is 11.1 Å². The summed E-state index contributed by atoms with van der Waals surface area (Å²) in [6, 6.07) is 13.0. The van der Waals surface area contributed by atoms with Crippen molar-refractivity contribution in [1.82, 2.24) is 20.7 Å². The van der Waals surface area contributed by atoms with Crippen LogP contribution < -0.4 is 5.32 Å². The maximum Gasteiger partial charge on any atom is 0.308 e. The predicted octanol–water partition coefficient (Wildman–Crippen LogP) is 2.04. The standard InChI is InChI=1S/C21H21FN4O4/c22-17-3-1-2-15(9-17)14-6-4-13(5-7-14)8-18(10-16(12-27)21(29)30)24-20(28)19-11-23-26-25-19/h1-7,9,11,16,18,27H,8,10,12H2,(H,24,28)(H,29,30)(H,23,25,26). The number of rotatable bonds is 9. The molecule has 3 rings (SSSR count). The fourth-order valence-electron chi connectivity index (χ4n) is 3.15. The smallest absolute Gasteiger partial charge is 0.308 e. The van der Waals surface area contributed by atoms with Crippen molar-refractivity contribution >= 4 is 11.9 Å². The fourth-order valence-corrected chi connectivity index (χ4v) is 3.15. The van der Waals surface area contributed by atoms with Crippen LogP contribution >= 0.6 is 0 Å². The van der Waals surface area contributed by atoms with E-state index in [1.54, 1.807) is 12.1 Å². The van der Waals surface area contributed by atoms with Crippen LogP contribution in [0.4, 0.5) is 4.39 Å². The first kappa shape index (κ1) is 21.1. The third-order valence-corrected chi connectivity index (χ3v) is 4.72. The molecule has 156 valence electrons. The summed E-state index contributed by atoms with van der Waals surface area (Å²) in [5.41, 5.74) is 2.50. The number of nitrogens with zero attached hydrogens (tertiary/aromatic N) is 2. The van der Waals surface area contributed by atoms with Crippen molar-refractivity contribution in [3.8, 4) is 11.1 Å².